The SMILES string of the molecule is CCCNC(CN(C)c1ccc(OC)cc1)C(C)C. The average Bonchev–Trinajstić information content (AvgIpc) is 2.43. The lowest BCUT2D eigenvalue weighted by Gasteiger charge is -2.29. The molecule has 1 atom stereocenters. The Morgan fingerprint density at radius 2 is 1.84 bits per heavy atom. The number of ether oxygens (including phenoxy) is 1. The highest BCUT2D eigenvalue weighted by molar-refractivity contribution is 5.48. The summed E-state index contributed by atoms with van der Waals surface area (Å²) >= 11 is 0. The summed E-state index contributed by atoms with van der Waals surface area (Å²) in [6.07, 6.45) is 1.18. The van der Waals surface area contributed by atoms with Crippen molar-refractivity contribution in [2.45, 2.75) is 33.2 Å². The number of likely N-dealkylation sites (N-methyl/N-ethyl adjacent to an activating group) is 1. The molecule has 0 amide bonds. The molecule has 108 valence electrons. The summed E-state index contributed by atoms with van der Waals surface area (Å²) in [6, 6.07) is 8.75. The fourth-order valence-corrected chi connectivity index (χ4v) is 2.08. The second-order valence-electron chi connectivity index (χ2n) is 5.38. The van der Waals surface area contributed by atoms with Crippen molar-refractivity contribution in [2.24, 2.45) is 5.92 Å². The Labute approximate surface area is 118 Å². The average molecular weight is 264 g/mol. The first-order chi connectivity index (χ1) is 9.08. The van der Waals surface area contributed by atoms with Crippen molar-refractivity contribution >= 4 is 5.69 Å². The van der Waals surface area contributed by atoms with E-state index in [4.69, 9.17) is 4.74 Å². The number of methoxy groups -OCH3 is 1. The molecule has 0 aromatic heterocycles. The zero-order valence-electron chi connectivity index (χ0n) is 12.9. The third kappa shape index (κ3) is 5.11. The summed E-state index contributed by atoms with van der Waals surface area (Å²) in [4.78, 5) is 2.30. The molecule has 0 aliphatic heterocycles. The van der Waals surface area contributed by atoms with Gasteiger partial charge in [0.05, 0.1) is 7.11 Å². The molecular weight excluding hydrogens is 236 g/mol. The normalized spacial score (nSPS) is 12.5. The van der Waals surface area contributed by atoms with Crippen LogP contribution in [0.5, 0.6) is 5.75 Å². The van der Waals surface area contributed by atoms with Crippen LogP contribution in [0.4, 0.5) is 5.69 Å². The fraction of sp³-hybridized carbons (Fsp3) is 0.625. The topological polar surface area (TPSA) is 24.5 Å². The van der Waals surface area contributed by atoms with Gasteiger partial charge in [0.25, 0.3) is 0 Å². The number of rotatable bonds is 8. The first-order valence-corrected chi connectivity index (χ1v) is 7.17. The molecule has 3 heteroatoms. The first-order valence-electron chi connectivity index (χ1n) is 7.17. The molecule has 0 aliphatic carbocycles. The summed E-state index contributed by atoms with van der Waals surface area (Å²) in [7, 11) is 3.84. The quantitative estimate of drug-likeness (QED) is 0.780. The largest absolute Gasteiger partial charge is 0.497 e. The molecule has 1 aromatic carbocycles. The van der Waals surface area contributed by atoms with Crippen molar-refractivity contribution in [3.63, 3.8) is 0 Å². The lowest BCUT2D eigenvalue weighted by molar-refractivity contribution is 0.402. The van der Waals surface area contributed by atoms with Crippen LogP contribution in [0.3, 0.4) is 0 Å². The molecule has 0 radical (unpaired) electrons. The van der Waals surface area contributed by atoms with Crippen molar-refractivity contribution in [1.29, 1.82) is 0 Å². The maximum atomic E-state index is 5.19. The molecule has 1 rings (SSSR count). The molecule has 3 nitrogen and oxygen atoms in total. The predicted molar refractivity (Wildman–Crippen MR) is 83.2 cm³/mol. The molecule has 0 spiro atoms. The predicted octanol–water partition coefficient (Wildman–Crippen LogP) is 3.16. The van der Waals surface area contributed by atoms with E-state index in [1.807, 2.05) is 12.1 Å². The van der Waals surface area contributed by atoms with E-state index in [1.54, 1.807) is 7.11 Å². The molecule has 0 saturated heterocycles. The van der Waals surface area contributed by atoms with E-state index < -0.39 is 0 Å². The molecule has 0 aliphatic rings. The number of hydrogen-bond donors (Lipinski definition) is 1. The summed E-state index contributed by atoms with van der Waals surface area (Å²) in [5.41, 5.74) is 1.23. The van der Waals surface area contributed by atoms with Crippen LogP contribution in [0.25, 0.3) is 0 Å². The summed E-state index contributed by atoms with van der Waals surface area (Å²) < 4.78 is 5.19. The van der Waals surface area contributed by atoms with Crippen LogP contribution >= 0.6 is 0 Å². The third-order valence-electron chi connectivity index (χ3n) is 3.45. The summed E-state index contributed by atoms with van der Waals surface area (Å²) in [6.45, 7) is 8.85. The summed E-state index contributed by atoms with van der Waals surface area (Å²) in [5, 5.41) is 3.63. The Hall–Kier alpha value is -1.22. The molecule has 0 heterocycles. The van der Waals surface area contributed by atoms with Gasteiger partial charge in [-0.15, -0.1) is 0 Å². The maximum Gasteiger partial charge on any atom is 0.119 e. The van der Waals surface area contributed by atoms with Crippen LogP contribution in [-0.2, 0) is 0 Å². The van der Waals surface area contributed by atoms with Crippen molar-refractivity contribution < 1.29 is 4.74 Å². The highest BCUT2D eigenvalue weighted by atomic mass is 16.5. The monoisotopic (exact) mass is 264 g/mol. The number of nitrogens with one attached hydrogen (secondary N) is 1. The standard InChI is InChI=1S/C16H28N2O/c1-6-11-17-16(13(2)3)12-18(4)14-7-9-15(19-5)10-8-14/h7-10,13,16-17H,6,11-12H2,1-5H3. The highest BCUT2D eigenvalue weighted by Gasteiger charge is 2.15. The molecular formula is C16H28N2O. The van der Waals surface area contributed by atoms with Gasteiger partial charge < -0.3 is 15.0 Å². The second kappa shape index (κ2) is 8.05. The number of anilines is 1. The van der Waals surface area contributed by atoms with Crippen LogP contribution in [0, 0.1) is 5.92 Å². The fourth-order valence-electron chi connectivity index (χ4n) is 2.08. The van der Waals surface area contributed by atoms with Crippen LogP contribution in [0.15, 0.2) is 24.3 Å². The van der Waals surface area contributed by atoms with E-state index in [1.165, 1.54) is 12.1 Å². The van der Waals surface area contributed by atoms with Gasteiger partial charge in [0.2, 0.25) is 0 Å². The number of hydrogen-bond acceptors (Lipinski definition) is 3. The van der Waals surface area contributed by atoms with Gasteiger partial charge in [-0.3, -0.25) is 0 Å². The zero-order valence-corrected chi connectivity index (χ0v) is 12.9. The first kappa shape index (κ1) is 15.8. The van der Waals surface area contributed by atoms with Crippen molar-refractivity contribution in [3.8, 4) is 5.75 Å². The van der Waals surface area contributed by atoms with E-state index in [0.29, 0.717) is 12.0 Å². The van der Waals surface area contributed by atoms with Crippen LogP contribution in [0.1, 0.15) is 27.2 Å². The molecule has 1 unspecified atom stereocenters. The smallest absolute Gasteiger partial charge is 0.119 e. The third-order valence-corrected chi connectivity index (χ3v) is 3.45. The van der Waals surface area contributed by atoms with Gasteiger partial charge in [-0.2, -0.15) is 0 Å². The van der Waals surface area contributed by atoms with E-state index >= 15 is 0 Å². The van der Waals surface area contributed by atoms with Gasteiger partial charge >= 0.3 is 0 Å². The maximum absolute atomic E-state index is 5.19. The van der Waals surface area contributed by atoms with Crippen LogP contribution in [-0.4, -0.2) is 33.3 Å². The Balaban J connectivity index is 2.61. The van der Waals surface area contributed by atoms with Gasteiger partial charge in [-0.1, -0.05) is 20.8 Å². The van der Waals surface area contributed by atoms with Gasteiger partial charge in [-0.05, 0) is 43.1 Å². The number of benzene rings is 1. The lowest BCUT2D eigenvalue weighted by atomic mass is 10.0. The van der Waals surface area contributed by atoms with Gasteiger partial charge in [0.1, 0.15) is 5.75 Å². The molecule has 0 fully saturated rings. The zero-order chi connectivity index (χ0) is 14.3. The van der Waals surface area contributed by atoms with E-state index in [0.717, 1.165) is 18.8 Å². The molecule has 1 aromatic rings. The van der Waals surface area contributed by atoms with E-state index in [-0.39, 0.29) is 0 Å². The van der Waals surface area contributed by atoms with Gasteiger partial charge in [0.15, 0.2) is 0 Å². The highest BCUT2D eigenvalue weighted by Crippen LogP contribution is 2.19. The summed E-state index contributed by atoms with van der Waals surface area (Å²) in [5.74, 6) is 1.54. The van der Waals surface area contributed by atoms with E-state index in [9.17, 15) is 0 Å². The van der Waals surface area contributed by atoms with Gasteiger partial charge in [-0.25, -0.2) is 0 Å². The lowest BCUT2D eigenvalue weighted by Crippen LogP contribution is -2.43. The molecule has 0 bridgehead atoms. The molecule has 0 saturated carbocycles. The molecule has 19 heavy (non-hydrogen) atoms. The minimum Gasteiger partial charge on any atom is -0.497 e. The van der Waals surface area contributed by atoms with Crippen molar-refractivity contribution in [1.82, 2.24) is 5.32 Å². The Morgan fingerprint density at radius 1 is 1.21 bits per heavy atom. The minimum atomic E-state index is 0.520. The van der Waals surface area contributed by atoms with Gasteiger partial charge in [0, 0.05) is 25.3 Å². The molecule has 1 N–H and O–H groups in total. The Bertz CT molecular complexity index is 348. The minimum absolute atomic E-state index is 0.520. The van der Waals surface area contributed by atoms with E-state index in [2.05, 4.69) is 50.2 Å². The Morgan fingerprint density at radius 3 is 2.32 bits per heavy atom. The Kier molecular flexibility index (Phi) is 6.71. The van der Waals surface area contributed by atoms with Crippen molar-refractivity contribution in [2.75, 3.05) is 32.1 Å². The van der Waals surface area contributed by atoms with Crippen LogP contribution < -0.4 is 15.0 Å². The second-order valence-corrected chi connectivity index (χ2v) is 5.38. The van der Waals surface area contributed by atoms with Crippen LogP contribution in [0.2, 0.25) is 0 Å². The number of nitrogens with zero attached hydrogens (tertiary/aromatic N) is 1. The van der Waals surface area contributed by atoms with Crippen molar-refractivity contribution in [3.05, 3.63) is 24.3 Å².